The van der Waals surface area contributed by atoms with E-state index in [4.69, 9.17) is 0 Å². The van der Waals surface area contributed by atoms with Crippen LogP contribution in [0, 0.1) is 0 Å². The lowest BCUT2D eigenvalue weighted by molar-refractivity contribution is 1.32. The van der Waals surface area contributed by atoms with E-state index < -0.39 is 0 Å². The third-order valence-corrected chi connectivity index (χ3v) is 14.2. The van der Waals surface area contributed by atoms with Gasteiger partial charge in [-0.15, -0.1) is 22.7 Å². The summed E-state index contributed by atoms with van der Waals surface area (Å²) in [5.41, 5.74) is 10.9. The van der Waals surface area contributed by atoms with E-state index in [1.165, 1.54) is 107 Å². The van der Waals surface area contributed by atoms with Gasteiger partial charge in [-0.05, 0) is 103 Å². The number of anilines is 3. The monoisotopic (exact) mass is 785 g/mol. The van der Waals surface area contributed by atoms with Crippen LogP contribution in [0.3, 0.4) is 0 Å². The molecule has 2 aromatic heterocycles. The number of fused-ring (bicyclic) bond motifs is 9. The van der Waals surface area contributed by atoms with E-state index in [0.717, 1.165) is 5.69 Å². The summed E-state index contributed by atoms with van der Waals surface area (Å²) in [6.45, 7) is 0. The van der Waals surface area contributed by atoms with Crippen molar-refractivity contribution in [2.75, 3.05) is 4.90 Å². The number of nitrogens with zero attached hydrogens (tertiary/aromatic N) is 1. The normalized spacial score (nSPS) is 11.7. The molecule has 0 fully saturated rings. The van der Waals surface area contributed by atoms with E-state index in [9.17, 15) is 0 Å². The Hall–Kier alpha value is -7.04. The predicted molar refractivity (Wildman–Crippen MR) is 258 cm³/mol. The van der Waals surface area contributed by atoms with Crippen molar-refractivity contribution in [3.63, 3.8) is 0 Å². The van der Waals surface area contributed by atoms with Gasteiger partial charge in [-0.2, -0.15) is 0 Å². The molecular formula is C56H35NS2. The molecule has 0 saturated heterocycles. The Kier molecular flexibility index (Phi) is 7.97. The van der Waals surface area contributed by atoms with Crippen molar-refractivity contribution in [2.24, 2.45) is 0 Å². The van der Waals surface area contributed by atoms with Crippen molar-refractivity contribution in [3.05, 3.63) is 212 Å². The van der Waals surface area contributed by atoms with Crippen LogP contribution in [0.25, 0.3) is 95.3 Å². The lowest BCUT2D eigenvalue weighted by atomic mass is 9.96. The van der Waals surface area contributed by atoms with E-state index in [-0.39, 0.29) is 0 Å². The van der Waals surface area contributed by atoms with Crippen molar-refractivity contribution in [1.82, 2.24) is 0 Å². The fraction of sp³-hybridized carbons (Fsp3) is 0. The zero-order valence-corrected chi connectivity index (χ0v) is 33.6. The first-order chi connectivity index (χ1) is 29.2. The number of hydrogen-bond donors (Lipinski definition) is 0. The van der Waals surface area contributed by atoms with Gasteiger partial charge in [-0.1, -0.05) is 164 Å². The maximum absolute atomic E-state index is 2.52. The highest BCUT2D eigenvalue weighted by Crippen LogP contribution is 2.51. The molecule has 12 rings (SSSR count). The molecule has 0 aliphatic carbocycles. The lowest BCUT2D eigenvalue weighted by Gasteiger charge is -2.28. The Morgan fingerprint density at radius 1 is 0.305 bits per heavy atom. The predicted octanol–water partition coefficient (Wildman–Crippen LogP) is 17.2. The highest BCUT2D eigenvalue weighted by Gasteiger charge is 2.24. The Morgan fingerprint density at radius 2 is 0.898 bits per heavy atom. The molecule has 0 radical (unpaired) electrons. The van der Waals surface area contributed by atoms with Crippen LogP contribution >= 0.6 is 22.7 Å². The molecule has 276 valence electrons. The summed E-state index contributed by atoms with van der Waals surface area (Å²) in [5, 5.41) is 10.2. The first kappa shape index (κ1) is 34.0. The molecule has 0 N–H and O–H groups in total. The molecule has 0 saturated carbocycles. The molecule has 0 spiro atoms. The molecule has 0 amide bonds. The minimum atomic E-state index is 1.12. The average Bonchev–Trinajstić information content (AvgIpc) is 3.89. The number of rotatable bonds is 6. The smallest absolute Gasteiger partial charge is 0.0555 e. The third-order valence-electron chi connectivity index (χ3n) is 11.9. The third kappa shape index (κ3) is 5.66. The van der Waals surface area contributed by atoms with E-state index in [1.54, 1.807) is 0 Å². The van der Waals surface area contributed by atoms with Gasteiger partial charge in [0, 0.05) is 46.0 Å². The maximum Gasteiger partial charge on any atom is 0.0555 e. The van der Waals surface area contributed by atoms with Crippen LogP contribution in [-0.2, 0) is 0 Å². The van der Waals surface area contributed by atoms with Crippen LogP contribution < -0.4 is 4.90 Å². The molecule has 0 unspecified atom stereocenters. The van der Waals surface area contributed by atoms with E-state index >= 15 is 0 Å². The highest BCUT2D eigenvalue weighted by molar-refractivity contribution is 7.26. The summed E-state index contributed by atoms with van der Waals surface area (Å²) in [6, 6.07) is 78.2. The molecule has 12 aromatic rings. The molecule has 2 heterocycles. The molecule has 1 nitrogen and oxygen atoms in total. The van der Waals surface area contributed by atoms with Gasteiger partial charge in [0.2, 0.25) is 0 Å². The second-order valence-corrected chi connectivity index (χ2v) is 17.4. The van der Waals surface area contributed by atoms with Crippen LogP contribution in [0.4, 0.5) is 17.1 Å². The van der Waals surface area contributed by atoms with Gasteiger partial charge in [0.05, 0.1) is 11.4 Å². The average molecular weight is 786 g/mol. The minimum Gasteiger partial charge on any atom is -0.309 e. The summed E-state index contributed by atoms with van der Waals surface area (Å²) in [6.07, 6.45) is 0. The van der Waals surface area contributed by atoms with Crippen LogP contribution in [-0.4, -0.2) is 0 Å². The molecule has 0 bridgehead atoms. The Morgan fingerprint density at radius 3 is 1.73 bits per heavy atom. The number of thiophene rings is 2. The second kappa shape index (κ2) is 13.8. The van der Waals surface area contributed by atoms with E-state index in [0.29, 0.717) is 0 Å². The summed E-state index contributed by atoms with van der Waals surface area (Å²) >= 11 is 3.77. The molecular weight excluding hydrogens is 751 g/mol. The lowest BCUT2D eigenvalue weighted by Crippen LogP contribution is -2.11. The largest absolute Gasteiger partial charge is 0.309 e. The summed E-state index contributed by atoms with van der Waals surface area (Å²) < 4.78 is 5.16. The van der Waals surface area contributed by atoms with Crippen molar-refractivity contribution >= 4 is 102 Å². The first-order valence-corrected chi connectivity index (χ1v) is 21.7. The van der Waals surface area contributed by atoms with E-state index in [2.05, 4.69) is 217 Å². The van der Waals surface area contributed by atoms with Crippen molar-refractivity contribution < 1.29 is 0 Å². The Labute approximate surface area is 350 Å². The minimum absolute atomic E-state index is 1.12. The second-order valence-electron chi connectivity index (χ2n) is 15.2. The molecule has 0 aliphatic heterocycles. The summed E-state index contributed by atoms with van der Waals surface area (Å²) in [4.78, 5) is 2.52. The van der Waals surface area contributed by atoms with Gasteiger partial charge in [-0.25, -0.2) is 0 Å². The zero-order valence-electron chi connectivity index (χ0n) is 32.0. The van der Waals surface area contributed by atoms with Crippen LogP contribution in [0.15, 0.2) is 212 Å². The van der Waals surface area contributed by atoms with Gasteiger partial charge in [0.1, 0.15) is 0 Å². The maximum atomic E-state index is 2.52. The van der Waals surface area contributed by atoms with E-state index in [1.807, 2.05) is 22.7 Å². The summed E-state index contributed by atoms with van der Waals surface area (Å²) in [5.74, 6) is 0. The standard InChI is InChI=1S/C56H35NS2/c1-3-12-36(13-4-1)42-28-31-47-53(35-42)58-52-21-11-19-49(54(47)52)57(50-33-32-45(38-14-5-2-6-15-38)56-55(50)46-18-9-10-20-51(46)59-56)43-29-26-37(27-30-43)41-25-24-40-23-22-39-16-7-8-17-44(39)48(40)34-41/h1-35H. The Balaban J connectivity index is 1.09. The SMILES string of the molecule is c1ccc(-c2ccc3c(c2)sc2cccc(N(c4ccc(-c5ccc6ccc7ccccc7c6c5)cc4)c4ccc(-c5ccccc5)c5sc6ccccc6c45)c23)cc1. The Bertz CT molecular complexity index is 3540. The highest BCUT2D eigenvalue weighted by atomic mass is 32.1. The van der Waals surface area contributed by atoms with Crippen LogP contribution in [0.5, 0.6) is 0 Å². The van der Waals surface area contributed by atoms with Gasteiger partial charge in [0.25, 0.3) is 0 Å². The molecule has 59 heavy (non-hydrogen) atoms. The van der Waals surface area contributed by atoms with Gasteiger partial charge in [-0.3, -0.25) is 0 Å². The molecule has 10 aromatic carbocycles. The van der Waals surface area contributed by atoms with Gasteiger partial charge in [0.15, 0.2) is 0 Å². The number of benzene rings is 10. The van der Waals surface area contributed by atoms with Crippen molar-refractivity contribution in [1.29, 1.82) is 0 Å². The molecule has 0 aliphatic rings. The topological polar surface area (TPSA) is 3.24 Å². The van der Waals surface area contributed by atoms with Gasteiger partial charge >= 0.3 is 0 Å². The number of hydrogen-bond acceptors (Lipinski definition) is 3. The summed E-state index contributed by atoms with van der Waals surface area (Å²) in [7, 11) is 0. The van der Waals surface area contributed by atoms with Crippen LogP contribution in [0.1, 0.15) is 0 Å². The molecule has 3 heteroatoms. The first-order valence-electron chi connectivity index (χ1n) is 20.1. The van der Waals surface area contributed by atoms with Crippen molar-refractivity contribution in [2.45, 2.75) is 0 Å². The van der Waals surface area contributed by atoms with Gasteiger partial charge < -0.3 is 4.90 Å². The zero-order chi connectivity index (χ0) is 38.9. The van der Waals surface area contributed by atoms with Crippen LogP contribution in [0.2, 0.25) is 0 Å². The fourth-order valence-corrected chi connectivity index (χ4v) is 11.5. The molecule has 0 atom stereocenters. The van der Waals surface area contributed by atoms with Crippen molar-refractivity contribution in [3.8, 4) is 33.4 Å². The quantitative estimate of drug-likeness (QED) is 0.152. The fourth-order valence-electron chi connectivity index (χ4n) is 9.04.